The minimum atomic E-state index is -2.31. The van der Waals surface area contributed by atoms with Gasteiger partial charge in [-0.3, -0.25) is 28.8 Å². The summed E-state index contributed by atoms with van der Waals surface area (Å²) in [5.74, 6) is -6.90. The van der Waals surface area contributed by atoms with E-state index < -0.39 is 83.8 Å². The third-order valence-corrected chi connectivity index (χ3v) is 13.1. The van der Waals surface area contributed by atoms with E-state index in [-0.39, 0.29) is 43.0 Å². The lowest BCUT2D eigenvalue weighted by molar-refractivity contribution is -0.145. The highest BCUT2D eigenvalue weighted by Crippen LogP contribution is 2.28. The van der Waals surface area contributed by atoms with Crippen molar-refractivity contribution in [3.8, 4) is 11.1 Å². The first kappa shape index (κ1) is 50.3. The van der Waals surface area contributed by atoms with Crippen molar-refractivity contribution in [2.45, 2.75) is 86.2 Å². The molecule has 362 valence electrons. The van der Waals surface area contributed by atoms with Crippen LogP contribution in [0, 0.1) is 0 Å². The summed E-state index contributed by atoms with van der Waals surface area (Å²) in [6.07, 6.45) is -2.52. The molecule has 1 unspecified atom stereocenters. The fraction of sp³-hybridized carbons (Fsp3) is 0.264. The maximum absolute atomic E-state index is 14.8. The number of carbonyl (C=O) groups excluding carboxylic acids is 6. The van der Waals surface area contributed by atoms with E-state index >= 15 is 0 Å². The summed E-state index contributed by atoms with van der Waals surface area (Å²) < 4.78 is 0. The van der Waals surface area contributed by atoms with Gasteiger partial charge in [0.25, 0.3) is 11.8 Å². The molecule has 5 aromatic carbocycles. The second-order valence-electron chi connectivity index (χ2n) is 17.2. The molecule has 5 aromatic rings. The molecule has 0 spiro atoms. The monoisotopic (exact) mass is 966 g/mol. The molecule has 0 aliphatic carbocycles. The molecule has 0 fully saturated rings. The van der Waals surface area contributed by atoms with Gasteiger partial charge in [0.05, 0.1) is 0 Å². The Morgan fingerprint density at radius 1 is 0.586 bits per heavy atom. The van der Waals surface area contributed by atoms with Gasteiger partial charge >= 0.3 is 5.97 Å². The molecule has 2 bridgehead atoms. The molecule has 8 atom stereocenters. The van der Waals surface area contributed by atoms with Crippen molar-refractivity contribution >= 4 is 58.9 Å². The highest BCUT2D eigenvalue weighted by atomic mass is 32.2. The van der Waals surface area contributed by atoms with E-state index in [1.165, 1.54) is 36.0 Å². The minimum Gasteiger partial charge on any atom is -0.480 e. The fourth-order valence-electron chi connectivity index (χ4n) is 8.11. The van der Waals surface area contributed by atoms with Gasteiger partial charge in [-0.25, -0.2) is 4.79 Å². The van der Waals surface area contributed by atoms with Gasteiger partial charge in [0, 0.05) is 36.6 Å². The molecule has 6 amide bonds. The molecule has 17 heteroatoms. The molecule has 0 saturated heterocycles. The second kappa shape index (κ2) is 24.1. The van der Waals surface area contributed by atoms with Crippen LogP contribution in [0.25, 0.3) is 11.1 Å². The second-order valence-corrected chi connectivity index (χ2v) is 18.4. The van der Waals surface area contributed by atoms with Crippen LogP contribution in [0.1, 0.15) is 35.1 Å². The average molecular weight is 967 g/mol. The van der Waals surface area contributed by atoms with Gasteiger partial charge in [-0.05, 0) is 63.8 Å². The van der Waals surface area contributed by atoms with E-state index in [0.29, 0.717) is 28.7 Å². The van der Waals surface area contributed by atoms with Crippen molar-refractivity contribution in [1.29, 1.82) is 0 Å². The lowest BCUT2D eigenvalue weighted by Crippen LogP contribution is -2.60. The SMILES string of the molecule is O=C(O)[C@H](Cc1ccccc1)NC(=O)[C@@H]1Cc2ccc(cc2)NC(=O)[C@H](O)[C@@H](O)C(=O)N[C@H](CC2CC=CS2)C(=O)N[C@@H](Cc2ccc(-c3ccccc3)cc2)C(=O)N[C@H](Cc2ccccc2)C(=O)N1. The number of fused-ring (bicyclic) bond motifs is 18. The first-order chi connectivity index (χ1) is 33.8. The number of nitrogens with one attached hydrogen (secondary N) is 6. The lowest BCUT2D eigenvalue weighted by Gasteiger charge is -2.28. The van der Waals surface area contributed by atoms with Crippen LogP contribution in [0.3, 0.4) is 0 Å². The van der Waals surface area contributed by atoms with E-state index in [0.717, 1.165) is 11.1 Å². The van der Waals surface area contributed by atoms with Gasteiger partial charge in [0.1, 0.15) is 30.2 Å². The average Bonchev–Trinajstić information content (AvgIpc) is 3.89. The van der Waals surface area contributed by atoms with Crippen LogP contribution in [0.2, 0.25) is 0 Å². The third kappa shape index (κ3) is 14.0. The first-order valence-electron chi connectivity index (χ1n) is 22.8. The van der Waals surface area contributed by atoms with Gasteiger partial charge < -0.3 is 47.2 Å². The van der Waals surface area contributed by atoms with Crippen LogP contribution < -0.4 is 31.9 Å². The quantitative estimate of drug-likeness (QED) is 0.0822. The largest absolute Gasteiger partial charge is 0.480 e. The van der Waals surface area contributed by atoms with E-state index in [2.05, 4.69) is 31.9 Å². The molecule has 9 N–H and O–H groups in total. The number of benzene rings is 5. The maximum atomic E-state index is 14.8. The molecule has 3 aliphatic heterocycles. The van der Waals surface area contributed by atoms with Crippen molar-refractivity contribution in [1.82, 2.24) is 26.6 Å². The maximum Gasteiger partial charge on any atom is 0.326 e. The van der Waals surface area contributed by atoms with Crippen LogP contribution in [0.4, 0.5) is 5.69 Å². The molecular formula is C53H54N6O10S. The molecule has 0 saturated carbocycles. The van der Waals surface area contributed by atoms with E-state index in [9.17, 15) is 48.9 Å². The van der Waals surface area contributed by atoms with Crippen LogP contribution >= 0.6 is 11.8 Å². The zero-order chi connectivity index (χ0) is 49.6. The highest BCUT2D eigenvalue weighted by Gasteiger charge is 2.37. The van der Waals surface area contributed by atoms with Gasteiger partial charge in [-0.15, -0.1) is 11.8 Å². The molecule has 3 aliphatic rings. The van der Waals surface area contributed by atoms with Crippen molar-refractivity contribution in [2.75, 3.05) is 5.32 Å². The summed E-state index contributed by atoms with van der Waals surface area (Å²) in [4.78, 5) is 97.4. The number of allylic oxidation sites excluding steroid dienone is 1. The Morgan fingerprint density at radius 2 is 1.10 bits per heavy atom. The minimum absolute atomic E-state index is 0.0350. The Bertz CT molecular complexity index is 2650. The van der Waals surface area contributed by atoms with Crippen LogP contribution in [-0.2, 0) is 59.2 Å². The number of anilines is 1. The first-order valence-corrected chi connectivity index (χ1v) is 23.8. The smallest absolute Gasteiger partial charge is 0.326 e. The normalized spacial score (nSPS) is 22.8. The third-order valence-electron chi connectivity index (χ3n) is 12.0. The predicted octanol–water partition coefficient (Wildman–Crippen LogP) is 3.22. The van der Waals surface area contributed by atoms with Crippen LogP contribution in [0.15, 0.2) is 151 Å². The number of hydrogen-bond acceptors (Lipinski definition) is 10. The molecule has 0 radical (unpaired) electrons. The van der Waals surface area contributed by atoms with E-state index in [4.69, 9.17) is 0 Å². The Kier molecular flexibility index (Phi) is 17.3. The highest BCUT2D eigenvalue weighted by molar-refractivity contribution is 8.03. The number of carbonyl (C=O) groups is 7. The number of carboxylic acids is 1. The summed E-state index contributed by atoms with van der Waals surface area (Å²) in [7, 11) is 0. The molecule has 0 aromatic heterocycles. The van der Waals surface area contributed by atoms with Crippen molar-refractivity contribution in [2.24, 2.45) is 0 Å². The summed E-state index contributed by atoms with van der Waals surface area (Å²) in [5, 5.41) is 49.6. The zero-order valence-corrected chi connectivity index (χ0v) is 38.7. The number of carboxylic acid groups (broad SMARTS) is 1. The van der Waals surface area contributed by atoms with Crippen LogP contribution in [-0.4, -0.2) is 104 Å². The Balaban J connectivity index is 1.25. The summed E-state index contributed by atoms with van der Waals surface area (Å²) >= 11 is 1.42. The number of aliphatic hydroxyl groups excluding tert-OH is 2. The number of aliphatic carboxylic acids is 1. The summed E-state index contributed by atoms with van der Waals surface area (Å²) in [5.41, 5.74) is 4.35. The van der Waals surface area contributed by atoms with E-state index in [1.54, 1.807) is 72.8 Å². The molecular weight excluding hydrogens is 913 g/mol. The fourth-order valence-corrected chi connectivity index (χ4v) is 9.08. The van der Waals surface area contributed by atoms with Gasteiger partial charge in [-0.2, -0.15) is 0 Å². The molecule has 3 heterocycles. The van der Waals surface area contributed by atoms with Crippen molar-refractivity contribution in [3.63, 3.8) is 0 Å². The van der Waals surface area contributed by atoms with Gasteiger partial charge in [0.2, 0.25) is 23.6 Å². The summed E-state index contributed by atoms with van der Waals surface area (Å²) in [6.45, 7) is 0. The Morgan fingerprint density at radius 3 is 1.69 bits per heavy atom. The van der Waals surface area contributed by atoms with Gasteiger partial charge in [0.15, 0.2) is 12.2 Å². The number of hydrogen-bond donors (Lipinski definition) is 9. The number of rotatable bonds is 12. The van der Waals surface area contributed by atoms with Crippen molar-refractivity contribution in [3.05, 3.63) is 173 Å². The van der Waals surface area contributed by atoms with E-state index in [1.807, 2.05) is 53.9 Å². The van der Waals surface area contributed by atoms with Crippen molar-refractivity contribution < 1.29 is 48.9 Å². The Labute approximate surface area is 408 Å². The number of amides is 6. The topological polar surface area (TPSA) is 252 Å². The lowest BCUT2D eigenvalue weighted by atomic mass is 9.98. The standard InChI is InChI=1S/C53H54N6O10S/c60-45-46(61)52(67)58-43(31-39-17-10-26-70-39)50(65)57-41(28-34-18-22-37(23-19-34)36-15-8-3-9-16-36)48(63)55-40(27-32-11-4-1-5-12-32)47(62)56-42(29-35-20-24-38(25-21-35)54-51(45)66)49(64)59-44(53(68)69)30-33-13-6-2-7-14-33/h1-16,18-26,39-46,60-61H,17,27-31H2,(H,54,66)(H,55,63)(H,56,62)(H,57,65)(H,58,67)(H,59,64)(H,68,69)/t39?,40-,41+,42+,43-,44+,45-,46-/m1/s1. The summed E-state index contributed by atoms with van der Waals surface area (Å²) in [6, 6.07) is 33.5. The number of aliphatic hydroxyl groups is 2. The predicted molar refractivity (Wildman–Crippen MR) is 264 cm³/mol. The number of thioether (sulfide) groups is 1. The van der Waals surface area contributed by atoms with Crippen LogP contribution in [0.5, 0.6) is 0 Å². The zero-order valence-electron chi connectivity index (χ0n) is 37.9. The van der Waals surface area contributed by atoms with Gasteiger partial charge in [-0.1, -0.05) is 133 Å². The molecule has 16 nitrogen and oxygen atoms in total. The molecule has 8 rings (SSSR count). The molecule has 70 heavy (non-hydrogen) atoms. The Hall–Kier alpha value is -7.60.